The standard InChI is InChI=1S/C14H20F2N2O2/c1-4-9(3)6-10(5-2)17-13-8-14(18(19)20)12(16)7-11(13)15/h7-10,17H,4-6H2,1-3H3. The highest BCUT2D eigenvalue weighted by Gasteiger charge is 2.20. The molecule has 2 unspecified atom stereocenters. The van der Waals surface area contributed by atoms with Crippen LogP contribution in [0.5, 0.6) is 0 Å². The molecule has 0 bridgehead atoms. The Labute approximate surface area is 117 Å². The fraction of sp³-hybridized carbons (Fsp3) is 0.571. The van der Waals surface area contributed by atoms with E-state index in [9.17, 15) is 18.9 Å². The van der Waals surface area contributed by atoms with E-state index in [1.54, 1.807) is 0 Å². The van der Waals surface area contributed by atoms with Crippen molar-refractivity contribution in [2.45, 2.75) is 46.1 Å². The maximum atomic E-state index is 13.7. The lowest BCUT2D eigenvalue weighted by Crippen LogP contribution is -2.22. The van der Waals surface area contributed by atoms with Gasteiger partial charge in [0.2, 0.25) is 5.82 Å². The Kier molecular flexibility index (Phi) is 5.85. The molecule has 0 saturated heterocycles. The first-order chi connectivity index (χ1) is 9.38. The van der Waals surface area contributed by atoms with Gasteiger partial charge in [-0.05, 0) is 18.8 Å². The third-order valence-corrected chi connectivity index (χ3v) is 3.47. The van der Waals surface area contributed by atoms with Crippen molar-refractivity contribution >= 4 is 11.4 Å². The molecule has 1 N–H and O–H groups in total. The zero-order valence-electron chi connectivity index (χ0n) is 12.0. The number of hydrogen-bond acceptors (Lipinski definition) is 3. The molecule has 1 aromatic rings. The lowest BCUT2D eigenvalue weighted by atomic mass is 9.97. The van der Waals surface area contributed by atoms with Crippen LogP contribution in [-0.2, 0) is 0 Å². The molecular formula is C14H20F2N2O2. The van der Waals surface area contributed by atoms with Gasteiger partial charge in [0, 0.05) is 18.2 Å². The van der Waals surface area contributed by atoms with Crippen molar-refractivity contribution in [3.8, 4) is 0 Å². The van der Waals surface area contributed by atoms with Gasteiger partial charge in [-0.3, -0.25) is 10.1 Å². The van der Waals surface area contributed by atoms with Crippen LogP contribution < -0.4 is 5.32 Å². The second-order valence-electron chi connectivity index (χ2n) is 5.04. The molecular weight excluding hydrogens is 266 g/mol. The number of halogens is 2. The SMILES string of the molecule is CCC(C)CC(CC)Nc1cc([N+](=O)[O-])c(F)cc1F. The Hall–Kier alpha value is -1.72. The predicted molar refractivity (Wildman–Crippen MR) is 74.8 cm³/mol. The molecule has 4 nitrogen and oxygen atoms in total. The normalized spacial score (nSPS) is 13.8. The van der Waals surface area contributed by atoms with Gasteiger partial charge in [-0.2, -0.15) is 4.39 Å². The number of benzene rings is 1. The minimum Gasteiger partial charge on any atom is -0.380 e. The molecule has 0 aliphatic carbocycles. The van der Waals surface area contributed by atoms with Crippen molar-refractivity contribution in [1.29, 1.82) is 0 Å². The number of nitrogens with one attached hydrogen (secondary N) is 1. The lowest BCUT2D eigenvalue weighted by Gasteiger charge is -2.21. The molecule has 0 fully saturated rings. The Morgan fingerprint density at radius 2 is 1.90 bits per heavy atom. The van der Waals surface area contributed by atoms with Gasteiger partial charge in [-0.1, -0.05) is 27.2 Å². The average Bonchev–Trinajstić information content (AvgIpc) is 2.39. The van der Waals surface area contributed by atoms with Gasteiger partial charge < -0.3 is 5.32 Å². The van der Waals surface area contributed by atoms with Gasteiger partial charge in [0.1, 0.15) is 5.82 Å². The van der Waals surface area contributed by atoms with Crippen molar-refractivity contribution in [1.82, 2.24) is 0 Å². The quantitative estimate of drug-likeness (QED) is 0.593. The van der Waals surface area contributed by atoms with E-state index in [1.807, 2.05) is 6.92 Å². The first kappa shape index (κ1) is 16.3. The van der Waals surface area contributed by atoms with Crippen molar-refractivity contribution in [3.63, 3.8) is 0 Å². The Balaban J connectivity index is 2.95. The second-order valence-corrected chi connectivity index (χ2v) is 5.04. The summed E-state index contributed by atoms with van der Waals surface area (Å²) in [6.45, 7) is 6.12. The largest absolute Gasteiger partial charge is 0.380 e. The van der Waals surface area contributed by atoms with E-state index in [0.29, 0.717) is 12.0 Å². The summed E-state index contributed by atoms with van der Waals surface area (Å²) in [4.78, 5) is 9.83. The van der Waals surface area contributed by atoms with Crippen molar-refractivity contribution < 1.29 is 13.7 Å². The van der Waals surface area contributed by atoms with E-state index in [4.69, 9.17) is 0 Å². The summed E-state index contributed by atoms with van der Waals surface area (Å²) in [6.07, 6.45) is 2.59. The van der Waals surface area contributed by atoms with Crippen LogP contribution in [0.1, 0.15) is 40.0 Å². The second kappa shape index (κ2) is 7.17. The highest BCUT2D eigenvalue weighted by molar-refractivity contribution is 5.53. The van der Waals surface area contributed by atoms with E-state index >= 15 is 0 Å². The highest BCUT2D eigenvalue weighted by Crippen LogP contribution is 2.27. The first-order valence-corrected chi connectivity index (χ1v) is 6.78. The summed E-state index contributed by atoms with van der Waals surface area (Å²) in [6, 6.07) is 1.48. The third kappa shape index (κ3) is 4.15. The molecule has 0 aliphatic rings. The monoisotopic (exact) mass is 286 g/mol. The van der Waals surface area contributed by atoms with Crippen LogP contribution in [0.25, 0.3) is 0 Å². The highest BCUT2D eigenvalue weighted by atomic mass is 19.1. The molecule has 1 rings (SSSR count). The zero-order valence-corrected chi connectivity index (χ0v) is 12.0. The summed E-state index contributed by atoms with van der Waals surface area (Å²) in [5.74, 6) is -1.50. The molecule has 6 heteroatoms. The number of nitro benzene ring substituents is 1. The van der Waals surface area contributed by atoms with Crippen LogP contribution in [0, 0.1) is 27.7 Å². The number of anilines is 1. The summed E-state index contributed by atoms with van der Waals surface area (Å²) >= 11 is 0. The van der Waals surface area contributed by atoms with Gasteiger partial charge in [0.15, 0.2) is 0 Å². The molecule has 1 aromatic carbocycles. The van der Waals surface area contributed by atoms with Crippen LogP contribution in [0.2, 0.25) is 0 Å². The molecule has 0 heterocycles. The van der Waals surface area contributed by atoms with Gasteiger partial charge in [0.25, 0.3) is 0 Å². The van der Waals surface area contributed by atoms with Crippen LogP contribution in [0.3, 0.4) is 0 Å². The Morgan fingerprint density at radius 3 is 2.40 bits per heavy atom. The van der Waals surface area contributed by atoms with E-state index in [2.05, 4.69) is 19.2 Å². The summed E-state index contributed by atoms with van der Waals surface area (Å²) in [5.41, 5.74) is -0.736. The van der Waals surface area contributed by atoms with Crippen molar-refractivity contribution in [2.75, 3.05) is 5.32 Å². The maximum Gasteiger partial charge on any atom is 0.307 e. The Bertz CT molecular complexity index is 480. The molecule has 20 heavy (non-hydrogen) atoms. The molecule has 112 valence electrons. The zero-order chi connectivity index (χ0) is 15.3. The molecule has 0 aliphatic heterocycles. The maximum absolute atomic E-state index is 13.7. The predicted octanol–water partition coefficient (Wildman–Crippen LogP) is 4.50. The topological polar surface area (TPSA) is 55.2 Å². The number of nitrogens with zero attached hydrogens (tertiary/aromatic N) is 1. The van der Waals surface area contributed by atoms with E-state index < -0.39 is 22.2 Å². The average molecular weight is 286 g/mol. The van der Waals surface area contributed by atoms with E-state index in [-0.39, 0.29) is 11.7 Å². The minimum atomic E-state index is -1.16. The van der Waals surface area contributed by atoms with Gasteiger partial charge in [-0.15, -0.1) is 0 Å². The van der Waals surface area contributed by atoms with Crippen molar-refractivity contribution in [3.05, 3.63) is 33.9 Å². The minimum absolute atomic E-state index is 0.00418. The van der Waals surface area contributed by atoms with E-state index in [0.717, 1.165) is 25.3 Å². The van der Waals surface area contributed by atoms with Crippen LogP contribution in [0.4, 0.5) is 20.2 Å². The van der Waals surface area contributed by atoms with E-state index in [1.165, 1.54) is 0 Å². The van der Waals surface area contributed by atoms with Crippen LogP contribution in [-0.4, -0.2) is 11.0 Å². The van der Waals surface area contributed by atoms with Gasteiger partial charge in [-0.25, -0.2) is 4.39 Å². The first-order valence-electron chi connectivity index (χ1n) is 6.78. The summed E-state index contributed by atoms with van der Waals surface area (Å²) in [7, 11) is 0. The lowest BCUT2D eigenvalue weighted by molar-refractivity contribution is -0.387. The molecule has 0 saturated carbocycles. The fourth-order valence-electron chi connectivity index (χ4n) is 1.99. The van der Waals surface area contributed by atoms with Crippen LogP contribution in [0.15, 0.2) is 12.1 Å². The van der Waals surface area contributed by atoms with Gasteiger partial charge >= 0.3 is 5.69 Å². The fourth-order valence-corrected chi connectivity index (χ4v) is 1.99. The molecule has 0 spiro atoms. The molecule has 0 aromatic heterocycles. The molecule has 0 amide bonds. The smallest absolute Gasteiger partial charge is 0.307 e. The summed E-state index contributed by atoms with van der Waals surface area (Å²) < 4.78 is 26.9. The Morgan fingerprint density at radius 1 is 1.25 bits per heavy atom. The molecule has 0 radical (unpaired) electrons. The number of rotatable bonds is 7. The number of nitro groups is 1. The number of hydrogen-bond donors (Lipinski definition) is 1. The van der Waals surface area contributed by atoms with Crippen molar-refractivity contribution in [2.24, 2.45) is 5.92 Å². The summed E-state index contributed by atoms with van der Waals surface area (Å²) in [5, 5.41) is 13.6. The third-order valence-electron chi connectivity index (χ3n) is 3.47. The molecule has 2 atom stereocenters. The van der Waals surface area contributed by atoms with Gasteiger partial charge in [0.05, 0.1) is 10.6 Å². The van der Waals surface area contributed by atoms with Crippen LogP contribution >= 0.6 is 0 Å².